The number of hydrogen-bond donors (Lipinski definition) is 1. The van der Waals surface area contributed by atoms with Gasteiger partial charge in [-0.25, -0.2) is 8.42 Å². The summed E-state index contributed by atoms with van der Waals surface area (Å²) in [6.45, 7) is 2.95. The molecule has 1 aliphatic heterocycles. The fraction of sp³-hybridized carbons (Fsp3) is 0.278. The lowest BCUT2D eigenvalue weighted by Gasteiger charge is -2.20. The molecule has 3 rings (SSSR count). The Bertz CT molecular complexity index is 862. The van der Waals surface area contributed by atoms with Crippen molar-refractivity contribution in [3.8, 4) is 0 Å². The van der Waals surface area contributed by atoms with Gasteiger partial charge in [-0.1, -0.05) is 31.2 Å². The van der Waals surface area contributed by atoms with Gasteiger partial charge in [0.1, 0.15) is 0 Å². The zero-order valence-corrected chi connectivity index (χ0v) is 14.3. The van der Waals surface area contributed by atoms with Gasteiger partial charge in [-0.2, -0.15) is 0 Å². The molecule has 0 radical (unpaired) electrons. The number of carbonyl (C=O) groups excluding carboxylic acids is 1. The van der Waals surface area contributed by atoms with Crippen LogP contribution in [0.25, 0.3) is 0 Å². The van der Waals surface area contributed by atoms with Gasteiger partial charge < -0.3 is 5.32 Å². The largest absolute Gasteiger partial charge is 0.352 e. The van der Waals surface area contributed by atoms with Crippen molar-refractivity contribution in [1.29, 1.82) is 0 Å². The molecular weight excluding hydrogens is 324 g/mol. The Morgan fingerprint density at radius 1 is 1.17 bits per heavy atom. The van der Waals surface area contributed by atoms with Crippen molar-refractivity contribution in [2.45, 2.75) is 24.7 Å². The fourth-order valence-electron chi connectivity index (χ4n) is 2.82. The van der Waals surface area contributed by atoms with Gasteiger partial charge >= 0.3 is 0 Å². The van der Waals surface area contributed by atoms with E-state index in [1.54, 1.807) is 12.1 Å². The molecule has 2 aromatic rings. The minimum atomic E-state index is -3.68. The summed E-state index contributed by atoms with van der Waals surface area (Å²) >= 11 is 0. The summed E-state index contributed by atoms with van der Waals surface area (Å²) in [5, 5.41) is 2.77. The van der Waals surface area contributed by atoms with E-state index in [1.807, 2.05) is 31.2 Å². The molecule has 6 heteroatoms. The van der Waals surface area contributed by atoms with Crippen LogP contribution in [-0.2, 0) is 16.4 Å². The maximum absolute atomic E-state index is 13.0. The lowest BCUT2D eigenvalue weighted by molar-refractivity contribution is 0.0953. The summed E-state index contributed by atoms with van der Waals surface area (Å²) in [4.78, 5) is 12.2. The molecule has 2 aromatic carbocycles. The SMILES string of the molecule is CCCNC(=O)c1cccc(S(=O)(=O)N2CCc3ccccc32)c1. The molecule has 0 bridgehead atoms. The Kier molecular flexibility index (Phi) is 4.57. The molecule has 0 aliphatic carbocycles. The van der Waals surface area contributed by atoms with Gasteiger partial charge in [0, 0.05) is 18.7 Å². The lowest BCUT2D eigenvalue weighted by atomic mass is 10.2. The highest BCUT2D eigenvalue weighted by molar-refractivity contribution is 7.92. The number of para-hydroxylation sites is 1. The van der Waals surface area contributed by atoms with Crippen LogP contribution < -0.4 is 9.62 Å². The predicted molar refractivity (Wildman–Crippen MR) is 93.7 cm³/mol. The fourth-order valence-corrected chi connectivity index (χ4v) is 4.37. The van der Waals surface area contributed by atoms with E-state index < -0.39 is 10.0 Å². The smallest absolute Gasteiger partial charge is 0.264 e. The Balaban J connectivity index is 1.93. The highest BCUT2D eigenvalue weighted by Crippen LogP contribution is 2.32. The van der Waals surface area contributed by atoms with Gasteiger partial charge in [0.05, 0.1) is 10.6 Å². The minimum Gasteiger partial charge on any atom is -0.352 e. The van der Waals surface area contributed by atoms with Crippen LogP contribution in [-0.4, -0.2) is 27.4 Å². The average Bonchev–Trinajstić information content (AvgIpc) is 3.04. The summed E-state index contributed by atoms with van der Waals surface area (Å²) in [5.74, 6) is -0.254. The van der Waals surface area contributed by atoms with Crippen molar-refractivity contribution in [2.24, 2.45) is 0 Å². The zero-order chi connectivity index (χ0) is 17.2. The number of anilines is 1. The monoisotopic (exact) mass is 344 g/mol. The van der Waals surface area contributed by atoms with E-state index in [4.69, 9.17) is 0 Å². The van der Waals surface area contributed by atoms with Gasteiger partial charge in [0.15, 0.2) is 0 Å². The van der Waals surface area contributed by atoms with Crippen LogP contribution in [0.5, 0.6) is 0 Å². The molecule has 0 aromatic heterocycles. The first-order chi connectivity index (χ1) is 11.5. The minimum absolute atomic E-state index is 0.142. The molecule has 0 atom stereocenters. The first-order valence-corrected chi connectivity index (χ1v) is 9.47. The molecule has 1 aliphatic rings. The second-order valence-corrected chi connectivity index (χ2v) is 7.60. The van der Waals surface area contributed by atoms with Gasteiger partial charge in [-0.15, -0.1) is 0 Å². The van der Waals surface area contributed by atoms with E-state index in [-0.39, 0.29) is 10.8 Å². The third kappa shape index (κ3) is 3.01. The van der Waals surface area contributed by atoms with Crippen molar-refractivity contribution >= 4 is 21.6 Å². The zero-order valence-electron chi connectivity index (χ0n) is 13.5. The van der Waals surface area contributed by atoms with Crippen LogP contribution in [0.1, 0.15) is 29.3 Å². The van der Waals surface area contributed by atoms with E-state index in [0.29, 0.717) is 25.1 Å². The van der Waals surface area contributed by atoms with Crippen molar-refractivity contribution in [1.82, 2.24) is 5.32 Å². The number of nitrogens with zero attached hydrogens (tertiary/aromatic N) is 1. The maximum Gasteiger partial charge on any atom is 0.264 e. The standard InChI is InChI=1S/C18H20N2O3S/c1-2-11-19-18(21)15-7-5-8-16(13-15)24(22,23)20-12-10-14-6-3-4-9-17(14)20/h3-9,13H,2,10-12H2,1H3,(H,19,21). The second kappa shape index (κ2) is 6.65. The molecule has 1 amide bonds. The molecule has 126 valence electrons. The molecule has 0 saturated carbocycles. The third-order valence-corrected chi connectivity index (χ3v) is 5.87. The summed E-state index contributed by atoms with van der Waals surface area (Å²) in [6.07, 6.45) is 1.53. The molecular formula is C18H20N2O3S. The van der Waals surface area contributed by atoms with Crippen molar-refractivity contribution in [3.05, 3.63) is 59.7 Å². The Hall–Kier alpha value is -2.34. The molecule has 0 spiro atoms. The molecule has 0 unspecified atom stereocenters. The number of benzene rings is 2. The highest BCUT2D eigenvalue weighted by atomic mass is 32.2. The molecule has 1 heterocycles. The van der Waals surface area contributed by atoms with Gasteiger partial charge in [-0.05, 0) is 42.7 Å². The van der Waals surface area contributed by atoms with E-state index in [0.717, 1.165) is 17.7 Å². The number of amides is 1. The van der Waals surface area contributed by atoms with Gasteiger partial charge in [-0.3, -0.25) is 9.10 Å². The van der Waals surface area contributed by atoms with Crippen LogP contribution in [0.3, 0.4) is 0 Å². The van der Waals surface area contributed by atoms with Crippen LogP contribution >= 0.6 is 0 Å². The molecule has 24 heavy (non-hydrogen) atoms. The molecule has 1 N–H and O–H groups in total. The number of carbonyl (C=O) groups is 1. The Labute approximate surface area is 142 Å². The average molecular weight is 344 g/mol. The van der Waals surface area contributed by atoms with Crippen molar-refractivity contribution < 1.29 is 13.2 Å². The first-order valence-electron chi connectivity index (χ1n) is 8.03. The summed E-state index contributed by atoms with van der Waals surface area (Å²) < 4.78 is 27.4. The summed E-state index contributed by atoms with van der Waals surface area (Å²) in [6, 6.07) is 13.7. The Morgan fingerprint density at radius 2 is 1.96 bits per heavy atom. The van der Waals surface area contributed by atoms with Crippen molar-refractivity contribution in [2.75, 3.05) is 17.4 Å². The van der Waals surface area contributed by atoms with E-state index in [1.165, 1.54) is 16.4 Å². The highest BCUT2D eigenvalue weighted by Gasteiger charge is 2.30. The van der Waals surface area contributed by atoms with E-state index in [2.05, 4.69) is 5.32 Å². The van der Waals surface area contributed by atoms with E-state index >= 15 is 0 Å². The molecule has 0 fully saturated rings. The number of nitrogens with one attached hydrogen (secondary N) is 1. The third-order valence-electron chi connectivity index (χ3n) is 4.06. The topological polar surface area (TPSA) is 66.5 Å². The van der Waals surface area contributed by atoms with Crippen LogP contribution in [0.2, 0.25) is 0 Å². The quantitative estimate of drug-likeness (QED) is 0.906. The van der Waals surface area contributed by atoms with Gasteiger partial charge in [0.25, 0.3) is 15.9 Å². The number of rotatable bonds is 5. The summed E-state index contributed by atoms with van der Waals surface area (Å²) in [5.41, 5.74) is 2.10. The number of hydrogen-bond acceptors (Lipinski definition) is 3. The first kappa shape index (κ1) is 16.5. The number of fused-ring (bicyclic) bond motifs is 1. The summed E-state index contributed by atoms with van der Waals surface area (Å²) in [7, 11) is -3.68. The van der Waals surface area contributed by atoms with E-state index in [9.17, 15) is 13.2 Å². The second-order valence-electron chi connectivity index (χ2n) is 5.74. The predicted octanol–water partition coefficient (Wildman–Crippen LogP) is 2.58. The normalized spacial score (nSPS) is 13.6. The molecule has 5 nitrogen and oxygen atoms in total. The Morgan fingerprint density at radius 3 is 2.75 bits per heavy atom. The van der Waals surface area contributed by atoms with Crippen LogP contribution in [0.15, 0.2) is 53.4 Å². The van der Waals surface area contributed by atoms with Crippen molar-refractivity contribution in [3.63, 3.8) is 0 Å². The maximum atomic E-state index is 13.0. The number of sulfonamides is 1. The van der Waals surface area contributed by atoms with Crippen LogP contribution in [0, 0.1) is 0 Å². The molecule has 0 saturated heterocycles. The van der Waals surface area contributed by atoms with Crippen LogP contribution in [0.4, 0.5) is 5.69 Å². The lowest BCUT2D eigenvalue weighted by Crippen LogP contribution is -2.29. The van der Waals surface area contributed by atoms with Gasteiger partial charge in [0.2, 0.25) is 0 Å².